The average Bonchev–Trinajstić information content (AvgIpc) is 2.93. The summed E-state index contributed by atoms with van der Waals surface area (Å²) in [5, 5.41) is 53.8. The van der Waals surface area contributed by atoms with Crippen molar-refractivity contribution >= 4 is 17.3 Å². The van der Waals surface area contributed by atoms with Gasteiger partial charge in [-0.2, -0.15) is 0 Å². The first-order chi connectivity index (χ1) is 18.9. The second-order valence-electron chi connectivity index (χ2n) is 10.2. The number of carbonyl (C=O) groups excluding carboxylic acids is 3. The van der Waals surface area contributed by atoms with E-state index in [1.165, 1.54) is 25.3 Å². The van der Waals surface area contributed by atoms with Crippen molar-refractivity contribution in [1.82, 2.24) is 0 Å². The van der Waals surface area contributed by atoms with Crippen LogP contribution in [0.3, 0.4) is 0 Å². The number of nitrogens with two attached hydrogens (primary N) is 1. The summed E-state index contributed by atoms with van der Waals surface area (Å²) >= 11 is -1.54. The number of ether oxygens (including phenoxy) is 2. The predicted octanol–water partition coefficient (Wildman–Crippen LogP) is -2.99. The number of alkyl halides is 1. The quantitative estimate of drug-likeness (QED) is 0.0883. The van der Waals surface area contributed by atoms with Crippen LogP contribution in [0.2, 0.25) is 0 Å². The number of carbonyl (C=O) groups is 3. The van der Waals surface area contributed by atoms with Crippen LogP contribution in [0, 0.1) is 0 Å². The van der Waals surface area contributed by atoms with E-state index in [1.54, 1.807) is 6.92 Å². The summed E-state index contributed by atoms with van der Waals surface area (Å²) in [6, 6.07) is 3.79. The van der Waals surface area contributed by atoms with Crippen LogP contribution < -0.4 is 32.1 Å². The molecule has 2 aromatic carbocycles. The first-order valence-electron chi connectivity index (χ1n) is 12.5. The Morgan fingerprint density at radius 2 is 1.88 bits per heavy atom. The molecule has 40 heavy (non-hydrogen) atoms. The van der Waals surface area contributed by atoms with Gasteiger partial charge in [0.2, 0.25) is 0 Å². The summed E-state index contributed by atoms with van der Waals surface area (Å²) in [5.74, 6) is -3.45. The fraction of sp³-hybridized carbons (Fsp3) is 0.444. The first-order valence-corrected chi connectivity index (χ1v) is 14.7. The minimum absolute atomic E-state index is 0.0293. The Morgan fingerprint density at radius 3 is 2.52 bits per heavy atom. The molecule has 12 nitrogen and oxygen atoms in total. The SMILES string of the molecule is COc1cccc2c1C(=O)c1c(O)c3c(c(O)c1C2=O)C[C@@](O)(C(=O)CO)CC3[I-]OC1CC(N)C(O)C(C)O1. The van der Waals surface area contributed by atoms with Gasteiger partial charge in [-0.1, -0.05) is 0 Å². The number of phenolic OH excluding ortho intramolecular Hbond substituents is 2. The fourth-order valence-corrected chi connectivity index (χ4v) is 8.44. The molecule has 5 rings (SSSR count). The maximum absolute atomic E-state index is 13.7. The normalized spacial score (nSPS) is 29.5. The molecule has 1 fully saturated rings. The molecule has 0 amide bonds. The number of methoxy groups -OCH3 is 1. The van der Waals surface area contributed by atoms with Gasteiger partial charge in [-0.05, 0) is 0 Å². The van der Waals surface area contributed by atoms with Crippen LogP contribution in [0.5, 0.6) is 17.2 Å². The van der Waals surface area contributed by atoms with Crippen molar-refractivity contribution < 1.29 is 74.1 Å². The molecule has 3 aliphatic rings. The van der Waals surface area contributed by atoms with E-state index in [4.69, 9.17) is 18.3 Å². The van der Waals surface area contributed by atoms with E-state index >= 15 is 0 Å². The number of aliphatic hydroxyl groups is 3. The molecule has 13 heteroatoms. The maximum atomic E-state index is 13.7. The summed E-state index contributed by atoms with van der Waals surface area (Å²) in [6.45, 7) is 0.661. The Hall–Kier alpha value is -2.66. The number of aromatic hydroxyl groups is 2. The van der Waals surface area contributed by atoms with Gasteiger partial charge in [-0.3, -0.25) is 0 Å². The van der Waals surface area contributed by atoms with E-state index in [0.29, 0.717) is 0 Å². The molecule has 216 valence electrons. The zero-order chi connectivity index (χ0) is 29.1. The number of Topliss-reactive ketones (excluding diaryl/α,β-unsaturated/α-hetero) is 1. The molecule has 0 radical (unpaired) electrons. The van der Waals surface area contributed by atoms with Gasteiger partial charge >= 0.3 is 240 Å². The third kappa shape index (κ3) is 4.49. The standard InChI is InChI=1S/C27H29INO11/c1-10-22(32)14(29)6-17(39-10)40-28-13-8-27(37,16(31)9-30)7-12-18(13)25(35)21-20(24(12)34)23(33)11-4-3-5-15(38-2)19(11)26(21)36/h3-5,10,13-14,17,22,30,32,34-35,37H,6-9,29H2,1-2H3/q-1/t10?,13?,14?,17?,22?,27-/m0/s1. The number of benzene rings is 2. The van der Waals surface area contributed by atoms with Gasteiger partial charge in [0.25, 0.3) is 0 Å². The summed E-state index contributed by atoms with van der Waals surface area (Å²) in [6.07, 6.45) is -2.95. The van der Waals surface area contributed by atoms with Crippen LogP contribution in [0.4, 0.5) is 0 Å². The van der Waals surface area contributed by atoms with Gasteiger partial charge in [0.1, 0.15) is 0 Å². The summed E-state index contributed by atoms with van der Waals surface area (Å²) in [5.41, 5.74) is 2.92. The number of fused-ring (bicyclic) bond motifs is 3. The van der Waals surface area contributed by atoms with Crippen molar-refractivity contribution in [2.45, 2.75) is 60.3 Å². The Balaban J connectivity index is 1.62. The monoisotopic (exact) mass is 670 g/mol. The fourth-order valence-electron chi connectivity index (χ4n) is 5.60. The number of rotatable bonds is 6. The van der Waals surface area contributed by atoms with Gasteiger partial charge in [-0.15, -0.1) is 0 Å². The Bertz CT molecular complexity index is 1400. The number of hydrogen-bond donors (Lipinski definition) is 6. The van der Waals surface area contributed by atoms with Gasteiger partial charge in [0.05, 0.1) is 0 Å². The van der Waals surface area contributed by atoms with E-state index in [-0.39, 0.29) is 40.8 Å². The van der Waals surface area contributed by atoms with E-state index in [2.05, 4.69) is 0 Å². The van der Waals surface area contributed by atoms with Crippen molar-refractivity contribution in [2.24, 2.45) is 5.73 Å². The summed E-state index contributed by atoms with van der Waals surface area (Å²) < 4.78 is 16.1. The van der Waals surface area contributed by atoms with Crippen LogP contribution in [0.25, 0.3) is 0 Å². The molecule has 2 aromatic rings. The van der Waals surface area contributed by atoms with Crippen LogP contribution in [-0.4, -0.2) is 86.7 Å². The molecule has 1 saturated heterocycles. The molecular formula is C27H29INO11-. The third-order valence-corrected chi connectivity index (χ3v) is 10.3. The Kier molecular flexibility index (Phi) is 7.67. The van der Waals surface area contributed by atoms with E-state index in [0.717, 1.165) is 0 Å². The molecule has 0 spiro atoms. The predicted molar refractivity (Wildman–Crippen MR) is 132 cm³/mol. The van der Waals surface area contributed by atoms with Crippen molar-refractivity contribution in [2.75, 3.05) is 13.7 Å². The van der Waals surface area contributed by atoms with E-state index in [1.807, 2.05) is 0 Å². The van der Waals surface area contributed by atoms with Crippen LogP contribution >= 0.6 is 0 Å². The third-order valence-electron chi connectivity index (χ3n) is 7.73. The number of aliphatic hydroxyl groups excluding tert-OH is 2. The van der Waals surface area contributed by atoms with Gasteiger partial charge < -0.3 is 0 Å². The topological polar surface area (TPSA) is 206 Å². The molecular weight excluding hydrogens is 641 g/mol. The van der Waals surface area contributed by atoms with Crippen molar-refractivity contribution in [3.8, 4) is 17.2 Å². The van der Waals surface area contributed by atoms with Crippen LogP contribution in [-0.2, 0) is 19.0 Å². The summed E-state index contributed by atoms with van der Waals surface area (Å²) in [4.78, 5) is 39.8. The molecule has 7 N–H and O–H groups in total. The number of ketones is 3. The second-order valence-corrected chi connectivity index (χ2v) is 12.7. The van der Waals surface area contributed by atoms with Gasteiger partial charge in [-0.25, -0.2) is 0 Å². The number of halogens is 1. The van der Waals surface area contributed by atoms with E-state index in [9.17, 15) is 39.9 Å². The molecule has 0 bridgehead atoms. The first kappa shape index (κ1) is 28.9. The second kappa shape index (κ2) is 10.6. The Morgan fingerprint density at radius 1 is 1.18 bits per heavy atom. The van der Waals surface area contributed by atoms with Crippen molar-refractivity contribution in [1.29, 1.82) is 0 Å². The van der Waals surface area contributed by atoms with Gasteiger partial charge in [0.15, 0.2) is 0 Å². The molecule has 0 aromatic heterocycles. The molecule has 6 atom stereocenters. The van der Waals surface area contributed by atoms with E-state index < -0.39 is 109 Å². The van der Waals surface area contributed by atoms with Gasteiger partial charge in [0, 0.05) is 0 Å². The number of phenols is 2. The zero-order valence-electron chi connectivity index (χ0n) is 21.6. The average molecular weight is 670 g/mol. The number of hydrogen-bond acceptors (Lipinski definition) is 12. The summed E-state index contributed by atoms with van der Waals surface area (Å²) in [7, 11) is 1.34. The van der Waals surface area contributed by atoms with Crippen LogP contribution in [0.15, 0.2) is 18.2 Å². The molecule has 1 heterocycles. The Labute approximate surface area is 239 Å². The molecule has 1 aliphatic heterocycles. The molecule has 0 saturated carbocycles. The molecule has 5 unspecified atom stereocenters. The molecule has 2 aliphatic carbocycles. The van der Waals surface area contributed by atoms with Crippen molar-refractivity contribution in [3.63, 3.8) is 0 Å². The van der Waals surface area contributed by atoms with Crippen molar-refractivity contribution in [3.05, 3.63) is 51.6 Å². The van der Waals surface area contributed by atoms with Crippen LogP contribution in [0.1, 0.15) is 66.7 Å². The minimum atomic E-state index is -2.14. The zero-order valence-corrected chi connectivity index (χ0v) is 23.7.